The van der Waals surface area contributed by atoms with Gasteiger partial charge in [-0.25, -0.2) is 0 Å². The van der Waals surface area contributed by atoms with Crippen molar-refractivity contribution in [2.24, 2.45) is 0 Å². The van der Waals surface area contributed by atoms with E-state index in [4.69, 9.17) is 4.74 Å². The summed E-state index contributed by atoms with van der Waals surface area (Å²) in [6.07, 6.45) is 0.283. The number of carbonyl (C=O) groups excluding carboxylic acids is 2. The number of rotatable bonds is 4. The SMILES string of the molecule is COc1ccc(C(=O)CC2c3ccccc3C(=O)N2C)cc1. The average molecular weight is 295 g/mol. The maximum absolute atomic E-state index is 12.5. The van der Waals surface area contributed by atoms with Crippen molar-refractivity contribution >= 4 is 11.7 Å². The number of amides is 1. The molecule has 0 saturated heterocycles. The number of carbonyl (C=O) groups is 2. The van der Waals surface area contributed by atoms with Crippen LogP contribution in [0.2, 0.25) is 0 Å². The van der Waals surface area contributed by atoms with Crippen molar-refractivity contribution in [3.63, 3.8) is 0 Å². The molecule has 22 heavy (non-hydrogen) atoms. The van der Waals surface area contributed by atoms with Crippen LogP contribution in [0.5, 0.6) is 5.75 Å². The monoisotopic (exact) mass is 295 g/mol. The Morgan fingerprint density at radius 1 is 1.14 bits per heavy atom. The van der Waals surface area contributed by atoms with Gasteiger partial charge in [-0.05, 0) is 35.9 Å². The highest BCUT2D eigenvalue weighted by atomic mass is 16.5. The molecule has 0 aliphatic carbocycles. The van der Waals surface area contributed by atoms with Crippen LogP contribution in [-0.2, 0) is 0 Å². The van der Waals surface area contributed by atoms with Gasteiger partial charge >= 0.3 is 0 Å². The zero-order valence-corrected chi connectivity index (χ0v) is 12.6. The summed E-state index contributed by atoms with van der Waals surface area (Å²) >= 11 is 0. The number of hydrogen-bond acceptors (Lipinski definition) is 3. The third kappa shape index (κ3) is 2.37. The summed E-state index contributed by atoms with van der Waals surface area (Å²) in [5.74, 6) is 0.710. The summed E-state index contributed by atoms with van der Waals surface area (Å²) in [7, 11) is 3.33. The van der Waals surface area contributed by atoms with E-state index in [-0.39, 0.29) is 24.2 Å². The van der Waals surface area contributed by atoms with E-state index in [0.717, 1.165) is 11.3 Å². The first-order valence-corrected chi connectivity index (χ1v) is 7.15. The first kappa shape index (κ1) is 14.3. The molecule has 112 valence electrons. The lowest BCUT2D eigenvalue weighted by molar-refractivity contribution is 0.0752. The van der Waals surface area contributed by atoms with Crippen molar-refractivity contribution < 1.29 is 14.3 Å². The van der Waals surface area contributed by atoms with Crippen LogP contribution >= 0.6 is 0 Å². The van der Waals surface area contributed by atoms with Crippen LogP contribution in [0.3, 0.4) is 0 Å². The Balaban J connectivity index is 1.83. The maximum Gasteiger partial charge on any atom is 0.254 e. The van der Waals surface area contributed by atoms with Gasteiger partial charge in [0.05, 0.1) is 13.2 Å². The summed E-state index contributed by atoms with van der Waals surface area (Å²) in [6, 6.07) is 14.3. The number of fused-ring (bicyclic) bond motifs is 1. The average Bonchev–Trinajstić information content (AvgIpc) is 2.80. The molecule has 4 nitrogen and oxygen atoms in total. The highest BCUT2D eigenvalue weighted by Crippen LogP contribution is 2.35. The van der Waals surface area contributed by atoms with Crippen LogP contribution in [-0.4, -0.2) is 30.7 Å². The highest BCUT2D eigenvalue weighted by molar-refractivity contribution is 6.01. The van der Waals surface area contributed by atoms with Gasteiger partial charge in [-0.1, -0.05) is 18.2 Å². The van der Waals surface area contributed by atoms with Gasteiger partial charge in [0.2, 0.25) is 0 Å². The van der Waals surface area contributed by atoms with Gasteiger partial charge in [-0.3, -0.25) is 9.59 Å². The second kappa shape index (κ2) is 5.64. The first-order valence-electron chi connectivity index (χ1n) is 7.15. The highest BCUT2D eigenvalue weighted by Gasteiger charge is 2.35. The Morgan fingerprint density at radius 3 is 2.50 bits per heavy atom. The van der Waals surface area contributed by atoms with Crippen LogP contribution < -0.4 is 4.74 Å². The molecule has 0 saturated carbocycles. The van der Waals surface area contributed by atoms with Crippen molar-refractivity contribution in [1.82, 2.24) is 4.90 Å². The largest absolute Gasteiger partial charge is 0.497 e. The normalized spacial score (nSPS) is 16.5. The summed E-state index contributed by atoms with van der Waals surface area (Å²) in [6.45, 7) is 0. The molecule has 2 aromatic rings. The van der Waals surface area contributed by atoms with E-state index in [2.05, 4.69) is 0 Å². The topological polar surface area (TPSA) is 46.6 Å². The number of ether oxygens (including phenoxy) is 1. The Hall–Kier alpha value is -2.62. The van der Waals surface area contributed by atoms with Crippen LogP contribution in [0.25, 0.3) is 0 Å². The molecule has 0 aromatic heterocycles. The number of nitrogens with zero attached hydrogens (tertiary/aromatic N) is 1. The predicted octanol–water partition coefficient (Wildman–Crippen LogP) is 3.09. The van der Waals surface area contributed by atoms with Gasteiger partial charge in [-0.2, -0.15) is 0 Å². The molecule has 0 N–H and O–H groups in total. The minimum absolute atomic E-state index is 0.0176. The lowest BCUT2D eigenvalue weighted by Crippen LogP contribution is -2.25. The van der Waals surface area contributed by atoms with Gasteiger partial charge in [0, 0.05) is 24.6 Å². The van der Waals surface area contributed by atoms with Gasteiger partial charge in [0.25, 0.3) is 5.91 Å². The number of benzene rings is 2. The molecule has 1 amide bonds. The van der Waals surface area contributed by atoms with Gasteiger partial charge < -0.3 is 9.64 Å². The van der Waals surface area contributed by atoms with Crippen LogP contribution in [0.1, 0.15) is 38.7 Å². The Morgan fingerprint density at radius 2 is 1.82 bits per heavy atom. The smallest absolute Gasteiger partial charge is 0.254 e. The standard InChI is InChI=1S/C18H17NO3/c1-19-16(14-5-3-4-6-15(14)18(19)21)11-17(20)12-7-9-13(22-2)10-8-12/h3-10,16H,11H2,1-2H3. The zero-order valence-electron chi connectivity index (χ0n) is 12.6. The Labute approximate surface area is 129 Å². The molecule has 0 fully saturated rings. The van der Waals surface area contributed by atoms with E-state index >= 15 is 0 Å². The molecule has 0 spiro atoms. The molecule has 1 aliphatic rings. The van der Waals surface area contributed by atoms with E-state index < -0.39 is 0 Å². The van der Waals surface area contributed by atoms with Crippen molar-refractivity contribution in [2.45, 2.75) is 12.5 Å². The van der Waals surface area contributed by atoms with Gasteiger partial charge in [-0.15, -0.1) is 0 Å². The molecule has 1 atom stereocenters. The van der Waals surface area contributed by atoms with Crippen molar-refractivity contribution in [3.8, 4) is 5.75 Å². The minimum Gasteiger partial charge on any atom is -0.497 e. The fourth-order valence-electron chi connectivity index (χ4n) is 2.84. The van der Waals surface area contributed by atoms with Crippen molar-refractivity contribution in [2.75, 3.05) is 14.2 Å². The zero-order chi connectivity index (χ0) is 15.7. The van der Waals surface area contributed by atoms with E-state index in [1.165, 1.54) is 0 Å². The summed E-state index contributed by atoms with van der Waals surface area (Å²) < 4.78 is 5.10. The van der Waals surface area contributed by atoms with E-state index in [1.54, 1.807) is 43.3 Å². The molecule has 1 heterocycles. The molecule has 3 rings (SSSR count). The maximum atomic E-state index is 12.5. The number of ketones is 1. The van der Waals surface area contributed by atoms with Gasteiger partial charge in [0.1, 0.15) is 5.75 Å². The summed E-state index contributed by atoms with van der Waals surface area (Å²) in [5, 5.41) is 0. The molecule has 1 unspecified atom stereocenters. The predicted molar refractivity (Wildman–Crippen MR) is 83.2 cm³/mol. The Kier molecular flexibility index (Phi) is 3.67. The number of Topliss-reactive ketones (excluding diaryl/α,β-unsaturated/α-hetero) is 1. The molecule has 1 aliphatic heterocycles. The van der Waals surface area contributed by atoms with E-state index in [1.807, 2.05) is 24.3 Å². The minimum atomic E-state index is -0.196. The van der Waals surface area contributed by atoms with E-state index in [0.29, 0.717) is 11.1 Å². The fraction of sp³-hybridized carbons (Fsp3) is 0.222. The Bertz CT molecular complexity index is 721. The van der Waals surface area contributed by atoms with Crippen molar-refractivity contribution in [3.05, 3.63) is 65.2 Å². The third-order valence-electron chi connectivity index (χ3n) is 4.13. The van der Waals surface area contributed by atoms with Gasteiger partial charge in [0.15, 0.2) is 5.78 Å². The number of methoxy groups -OCH3 is 1. The second-order valence-corrected chi connectivity index (χ2v) is 5.37. The summed E-state index contributed by atoms with van der Waals surface area (Å²) in [4.78, 5) is 26.3. The number of hydrogen-bond donors (Lipinski definition) is 0. The van der Waals surface area contributed by atoms with Crippen LogP contribution in [0.4, 0.5) is 0 Å². The third-order valence-corrected chi connectivity index (χ3v) is 4.13. The van der Waals surface area contributed by atoms with E-state index in [9.17, 15) is 9.59 Å². The molecular formula is C18H17NO3. The quantitative estimate of drug-likeness (QED) is 0.814. The second-order valence-electron chi connectivity index (χ2n) is 5.37. The fourth-order valence-corrected chi connectivity index (χ4v) is 2.84. The lowest BCUT2D eigenvalue weighted by atomic mass is 9.97. The van der Waals surface area contributed by atoms with Crippen LogP contribution in [0, 0.1) is 0 Å². The first-order chi connectivity index (χ1) is 10.6. The van der Waals surface area contributed by atoms with Crippen LogP contribution in [0.15, 0.2) is 48.5 Å². The molecule has 0 radical (unpaired) electrons. The molecule has 0 bridgehead atoms. The molecule has 4 heteroatoms. The lowest BCUT2D eigenvalue weighted by Gasteiger charge is -2.20. The van der Waals surface area contributed by atoms with Crippen molar-refractivity contribution in [1.29, 1.82) is 0 Å². The molecule has 2 aromatic carbocycles. The molecular weight excluding hydrogens is 278 g/mol. The summed E-state index contributed by atoms with van der Waals surface area (Å²) in [5.41, 5.74) is 2.25.